The number of carbonyl (C=O) groups excluding carboxylic acids is 2. The molecule has 52 heavy (non-hydrogen) atoms. The van der Waals surface area contributed by atoms with Gasteiger partial charge in [0.1, 0.15) is 29.4 Å². The van der Waals surface area contributed by atoms with Gasteiger partial charge < -0.3 is 22.7 Å². The Morgan fingerprint density at radius 3 is 1.73 bits per heavy atom. The predicted molar refractivity (Wildman–Crippen MR) is 193 cm³/mol. The van der Waals surface area contributed by atoms with Gasteiger partial charge in [-0.25, -0.2) is 4.79 Å². The third-order valence-electron chi connectivity index (χ3n) is 8.33. The van der Waals surface area contributed by atoms with Gasteiger partial charge in [0, 0.05) is 24.7 Å². The molecular weight excluding hydrogens is 707 g/mol. The first-order chi connectivity index (χ1) is 24.9. The molecule has 1 aliphatic rings. The van der Waals surface area contributed by atoms with Crippen molar-refractivity contribution in [2.45, 2.75) is 38.1 Å². The molecule has 0 saturated heterocycles. The molecule has 0 saturated carbocycles. The van der Waals surface area contributed by atoms with Gasteiger partial charge in [-0.15, -0.1) is 0 Å². The van der Waals surface area contributed by atoms with Crippen LogP contribution < -0.4 is 13.1 Å². The smallest absolute Gasteiger partial charge is 0.337 e. The fraction of sp³-hybridized carbons (Fsp3) is 0.179. The SMILES string of the molecule is COC(=O)c1ccc2c(c1)CN(C(=O)c1c(OS(=O)(=O)Cc3ccccc3)cc(OS(=O)(=O)Cc3ccccc3)c(C)c1OCc1ccccc1)C2. The van der Waals surface area contributed by atoms with Crippen molar-refractivity contribution in [3.05, 3.63) is 160 Å². The number of nitrogens with zero attached hydrogens (tertiary/aromatic N) is 1. The summed E-state index contributed by atoms with van der Waals surface area (Å²) in [4.78, 5) is 28.3. The zero-order valence-electron chi connectivity index (χ0n) is 28.4. The fourth-order valence-corrected chi connectivity index (χ4v) is 7.98. The first kappa shape index (κ1) is 36.1. The zero-order chi connectivity index (χ0) is 36.9. The minimum atomic E-state index is -4.43. The highest BCUT2D eigenvalue weighted by Crippen LogP contribution is 2.43. The lowest BCUT2D eigenvalue weighted by Gasteiger charge is -2.23. The van der Waals surface area contributed by atoms with E-state index in [4.69, 9.17) is 17.8 Å². The number of hydrogen-bond acceptors (Lipinski definition) is 10. The molecule has 0 N–H and O–H groups in total. The van der Waals surface area contributed by atoms with Crippen LogP contribution >= 0.6 is 0 Å². The van der Waals surface area contributed by atoms with Crippen LogP contribution in [0, 0.1) is 6.92 Å². The van der Waals surface area contributed by atoms with Crippen LogP contribution in [0.3, 0.4) is 0 Å². The van der Waals surface area contributed by atoms with Crippen molar-refractivity contribution in [2.24, 2.45) is 0 Å². The highest BCUT2D eigenvalue weighted by Gasteiger charge is 2.34. The summed E-state index contributed by atoms with van der Waals surface area (Å²) in [5.41, 5.74) is 3.31. The number of hydrogen-bond donors (Lipinski definition) is 0. The van der Waals surface area contributed by atoms with E-state index in [1.165, 1.54) is 18.9 Å². The summed E-state index contributed by atoms with van der Waals surface area (Å²) >= 11 is 0. The number of rotatable bonds is 13. The number of methoxy groups -OCH3 is 1. The van der Waals surface area contributed by atoms with Gasteiger partial charge in [0.15, 0.2) is 11.5 Å². The monoisotopic (exact) mass is 741 g/mol. The summed E-state index contributed by atoms with van der Waals surface area (Å²) in [5.74, 6) is -3.04. The summed E-state index contributed by atoms with van der Waals surface area (Å²) in [7, 11) is -7.45. The largest absolute Gasteiger partial charge is 0.487 e. The molecule has 0 fully saturated rings. The average Bonchev–Trinajstić information content (AvgIpc) is 3.56. The van der Waals surface area contributed by atoms with Gasteiger partial charge in [-0.2, -0.15) is 16.8 Å². The van der Waals surface area contributed by atoms with Gasteiger partial charge in [-0.3, -0.25) is 4.79 Å². The van der Waals surface area contributed by atoms with Crippen molar-refractivity contribution in [2.75, 3.05) is 7.11 Å². The van der Waals surface area contributed by atoms with E-state index < -0.39 is 49.4 Å². The molecule has 1 amide bonds. The molecule has 0 atom stereocenters. The topological polar surface area (TPSA) is 143 Å². The Hall–Kier alpha value is -5.66. The fourth-order valence-electron chi connectivity index (χ4n) is 5.81. The molecular formula is C39H35NO10S2. The van der Waals surface area contributed by atoms with Crippen LogP contribution in [0.15, 0.2) is 115 Å². The van der Waals surface area contributed by atoms with Crippen LogP contribution in [-0.4, -0.2) is 40.7 Å². The van der Waals surface area contributed by atoms with E-state index >= 15 is 0 Å². The molecule has 1 heterocycles. The Bertz CT molecular complexity index is 2310. The summed E-state index contributed by atoms with van der Waals surface area (Å²) in [6.07, 6.45) is 0. The molecule has 11 nitrogen and oxygen atoms in total. The van der Waals surface area contributed by atoms with E-state index in [0.29, 0.717) is 22.3 Å². The molecule has 268 valence electrons. The third kappa shape index (κ3) is 8.61. The Kier molecular flexibility index (Phi) is 10.6. The van der Waals surface area contributed by atoms with Gasteiger partial charge >= 0.3 is 26.2 Å². The first-order valence-electron chi connectivity index (χ1n) is 16.2. The maximum atomic E-state index is 14.6. The normalized spacial score (nSPS) is 12.5. The number of ether oxygens (including phenoxy) is 2. The second-order valence-electron chi connectivity index (χ2n) is 12.2. The Morgan fingerprint density at radius 2 is 1.17 bits per heavy atom. The Labute approximate surface area is 302 Å². The second kappa shape index (κ2) is 15.3. The van der Waals surface area contributed by atoms with Crippen molar-refractivity contribution in [3.8, 4) is 17.2 Å². The molecule has 0 radical (unpaired) electrons. The number of benzene rings is 5. The lowest BCUT2D eigenvalue weighted by Crippen LogP contribution is -2.27. The van der Waals surface area contributed by atoms with Crippen LogP contribution in [0.1, 0.15) is 54.1 Å². The van der Waals surface area contributed by atoms with Gasteiger partial charge in [0.2, 0.25) is 0 Å². The van der Waals surface area contributed by atoms with Crippen molar-refractivity contribution in [1.29, 1.82) is 0 Å². The second-order valence-corrected chi connectivity index (χ2v) is 15.3. The van der Waals surface area contributed by atoms with Crippen molar-refractivity contribution in [3.63, 3.8) is 0 Å². The molecule has 0 spiro atoms. The zero-order valence-corrected chi connectivity index (χ0v) is 30.0. The Balaban J connectivity index is 1.45. The van der Waals surface area contributed by atoms with Crippen LogP contribution in [0.25, 0.3) is 0 Å². The van der Waals surface area contributed by atoms with E-state index in [2.05, 4.69) is 0 Å². The number of amides is 1. The molecule has 0 aromatic heterocycles. The van der Waals surface area contributed by atoms with Crippen molar-refractivity contribution >= 4 is 32.1 Å². The van der Waals surface area contributed by atoms with Crippen LogP contribution in [0.2, 0.25) is 0 Å². The first-order valence-corrected chi connectivity index (χ1v) is 19.3. The molecule has 5 aromatic rings. The lowest BCUT2D eigenvalue weighted by atomic mass is 10.1. The molecule has 0 bridgehead atoms. The summed E-state index contributed by atoms with van der Waals surface area (Å²) < 4.78 is 76.3. The van der Waals surface area contributed by atoms with Gasteiger partial charge in [0.05, 0.1) is 12.7 Å². The lowest BCUT2D eigenvalue weighted by molar-refractivity contribution is 0.0600. The molecule has 13 heteroatoms. The minimum Gasteiger partial charge on any atom is -0.487 e. The summed E-state index contributed by atoms with van der Waals surface area (Å²) in [6.45, 7) is 1.68. The van der Waals surface area contributed by atoms with Gasteiger partial charge in [-0.1, -0.05) is 97.1 Å². The van der Waals surface area contributed by atoms with Gasteiger partial charge in [0.25, 0.3) is 5.91 Å². The van der Waals surface area contributed by atoms with Gasteiger partial charge in [-0.05, 0) is 46.9 Å². The van der Waals surface area contributed by atoms with Crippen LogP contribution in [0.5, 0.6) is 17.2 Å². The van der Waals surface area contributed by atoms with Crippen molar-refractivity contribution < 1.29 is 44.3 Å². The van der Waals surface area contributed by atoms with E-state index in [9.17, 15) is 26.4 Å². The third-order valence-corrected chi connectivity index (χ3v) is 10.6. The minimum absolute atomic E-state index is 0.0545. The average molecular weight is 742 g/mol. The van der Waals surface area contributed by atoms with E-state index in [-0.39, 0.29) is 42.3 Å². The highest BCUT2D eigenvalue weighted by atomic mass is 32.2. The molecule has 1 aliphatic heterocycles. The molecule has 0 aliphatic carbocycles. The van der Waals surface area contributed by atoms with Crippen LogP contribution in [0.4, 0.5) is 0 Å². The standard InChI is InChI=1S/C39H35NO10S2/c1-27-34(49-51(43,44)25-29-14-8-4-9-15-29)21-35(50-52(45,46)26-30-16-10-5-11-17-30)36(37(27)48-24-28-12-6-3-7-13-28)38(41)40-22-32-19-18-31(39(42)47-2)20-33(32)23-40/h3-21H,22-26H2,1-2H3. The van der Waals surface area contributed by atoms with E-state index in [1.54, 1.807) is 91.0 Å². The highest BCUT2D eigenvalue weighted by molar-refractivity contribution is 7.86. The van der Waals surface area contributed by atoms with Crippen LogP contribution in [-0.2, 0) is 56.2 Å². The summed E-state index contributed by atoms with van der Waals surface area (Å²) in [5, 5.41) is 0. The van der Waals surface area contributed by atoms with E-state index in [0.717, 1.165) is 17.2 Å². The van der Waals surface area contributed by atoms with E-state index in [1.807, 2.05) is 18.2 Å². The number of carbonyl (C=O) groups is 2. The summed E-state index contributed by atoms with van der Waals surface area (Å²) in [6, 6.07) is 31.9. The predicted octanol–water partition coefficient (Wildman–Crippen LogP) is 6.33. The molecule has 5 aromatic carbocycles. The maximum Gasteiger partial charge on any atom is 0.337 e. The molecule has 6 rings (SSSR count). The molecule has 0 unspecified atom stereocenters. The number of esters is 1. The Morgan fingerprint density at radius 1 is 0.654 bits per heavy atom. The number of fused-ring (bicyclic) bond motifs is 1. The maximum absolute atomic E-state index is 14.6. The van der Waals surface area contributed by atoms with Crippen molar-refractivity contribution in [1.82, 2.24) is 4.90 Å². The quantitative estimate of drug-likeness (QED) is 0.0992.